The van der Waals surface area contributed by atoms with Crippen molar-refractivity contribution >= 4 is 45.0 Å². The molecule has 0 saturated heterocycles. The molecule has 0 saturated carbocycles. The highest BCUT2D eigenvalue weighted by atomic mass is 35.5. The summed E-state index contributed by atoms with van der Waals surface area (Å²) in [6.45, 7) is 5.58. The van der Waals surface area contributed by atoms with Crippen LogP contribution >= 0.6 is 23.2 Å². The molecule has 3 nitrogen and oxygen atoms in total. The van der Waals surface area contributed by atoms with Gasteiger partial charge in [0.25, 0.3) is 0 Å². The zero-order valence-corrected chi connectivity index (χ0v) is 15.5. The molecule has 3 N–H and O–H groups in total. The van der Waals surface area contributed by atoms with Crippen molar-refractivity contribution in [3.63, 3.8) is 0 Å². The fraction of sp³-hybridized carbons (Fsp3) is 0.368. The van der Waals surface area contributed by atoms with Crippen molar-refractivity contribution in [2.75, 3.05) is 6.54 Å². The summed E-state index contributed by atoms with van der Waals surface area (Å²) in [5.41, 5.74) is 2.14. The van der Waals surface area contributed by atoms with Gasteiger partial charge in [0.1, 0.15) is 12.6 Å². The molecule has 0 aliphatic carbocycles. The summed E-state index contributed by atoms with van der Waals surface area (Å²) < 4.78 is 2.16. The second-order valence-corrected chi connectivity index (χ2v) is 7.32. The maximum atomic E-state index is 10.5. The van der Waals surface area contributed by atoms with Gasteiger partial charge < -0.3 is 15.0 Å². The van der Waals surface area contributed by atoms with E-state index in [-0.39, 0.29) is 0 Å². The van der Waals surface area contributed by atoms with Gasteiger partial charge in [-0.1, -0.05) is 30.1 Å². The average molecular weight is 366 g/mol. The van der Waals surface area contributed by atoms with Crippen LogP contribution in [0.15, 0.2) is 36.4 Å². The minimum atomic E-state index is -0.413. The van der Waals surface area contributed by atoms with Crippen LogP contribution in [0.2, 0.25) is 10.0 Å². The largest absolute Gasteiger partial charge is 0.385 e. The Hall–Kier alpha value is -1.26. The number of aromatic nitrogens is 1. The van der Waals surface area contributed by atoms with Crippen LogP contribution in [0.3, 0.4) is 0 Å². The maximum Gasteiger partial charge on any atom is 0.121 e. The summed E-state index contributed by atoms with van der Waals surface area (Å²) in [5.74, 6) is 0. The Bertz CT molecular complexity index is 800. The van der Waals surface area contributed by atoms with E-state index in [1.54, 1.807) is 0 Å². The molecule has 0 unspecified atom stereocenters. The summed E-state index contributed by atoms with van der Waals surface area (Å²) in [5, 5.41) is 16.2. The van der Waals surface area contributed by atoms with E-state index in [4.69, 9.17) is 23.2 Å². The monoisotopic (exact) mass is 365 g/mol. The van der Waals surface area contributed by atoms with E-state index in [2.05, 4.69) is 23.7 Å². The van der Waals surface area contributed by atoms with Crippen LogP contribution in [-0.2, 0) is 6.54 Å². The Morgan fingerprint density at radius 2 is 1.58 bits per heavy atom. The van der Waals surface area contributed by atoms with E-state index < -0.39 is 6.10 Å². The number of benzene rings is 2. The second-order valence-electron chi connectivity index (χ2n) is 6.44. The zero-order valence-electron chi connectivity index (χ0n) is 14.0. The van der Waals surface area contributed by atoms with E-state index in [0.717, 1.165) is 28.2 Å². The molecule has 2 atom stereocenters. The number of quaternary nitrogens is 1. The van der Waals surface area contributed by atoms with Gasteiger partial charge in [-0.15, -0.1) is 0 Å². The molecule has 3 aromatic rings. The van der Waals surface area contributed by atoms with Crippen molar-refractivity contribution in [3.05, 3.63) is 46.4 Å². The molecule has 0 fully saturated rings. The number of halogens is 2. The first kappa shape index (κ1) is 17.6. The number of aliphatic hydroxyl groups excluding tert-OH is 1. The highest BCUT2D eigenvalue weighted by molar-refractivity contribution is 6.33. The third-order valence-electron chi connectivity index (χ3n) is 4.64. The third kappa shape index (κ3) is 3.55. The topological polar surface area (TPSA) is 41.8 Å². The molecule has 0 bridgehead atoms. The van der Waals surface area contributed by atoms with Crippen molar-refractivity contribution in [2.45, 2.75) is 39.0 Å². The van der Waals surface area contributed by atoms with Gasteiger partial charge in [0.15, 0.2) is 0 Å². The smallest absolute Gasteiger partial charge is 0.121 e. The molecule has 1 aromatic heterocycles. The molecule has 0 spiro atoms. The normalized spacial score (nSPS) is 14.4. The number of nitrogens with zero attached hydrogens (tertiary/aromatic N) is 1. The molecule has 0 aliphatic rings. The van der Waals surface area contributed by atoms with E-state index in [9.17, 15) is 5.11 Å². The van der Waals surface area contributed by atoms with Crippen LogP contribution in [0.4, 0.5) is 0 Å². The van der Waals surface area contributed by atoms with Gasteiger partial charge >= 0.3 is 0 Å². The van der Waals surface area contributed by atoms with Gasteiger partial charge in [-0.05, 0) is 49.7 Å². The summed E-state index contributed by atoms with van der Waals surface area (Å²) in [4.78, 5) is 0. The number of fused-ring (bicyclic) bond motifs is 3. The lowest BCUT2D eigenvalue weighted by Crippen LogP contribution is -2.91. The molecule has 5 heteroatoms. The van der Waals surface area contributed by atoms with Crippen molar-refractivity contribution in [2.24, 2.45) is 0 Å². The van der Waals surface area contributed by atoms with Gasteiger partial charge in [0.2, 0.25) is 0 Å². The summed E-state index contributed by atoms with van der Waals surface area (Å²) in [6, 6.07) is 12.2. The van der Waals surface area contributed by atoms with Crippen molar-refractivity contribution in [1.82, 2.24) is 4.57 Å². The quantitative estimate of drug-likeness (QED) is 0.684. The molecule has 24 heavy (non-hydrogen) atoms. The predicted octanol–water partition coefficient (Wildman–Crippen LogP) is 3.82. The molecule has 0 aliphatic heterocycles. The summed E-state index contributed by atoms with van der Waals surface area (Å²) in [7, 11) is 0. The summed E-state index contributed by atoms with van der Waals surface area (Å²) >= 11 is 12.4. The molecule has 3 rings (SSSR count). The first-order valence-corrected chi connectivity index (χ1v) is 9.13. The average Bonchev–Trinajstić information content (AvgIpc) is 2.85. The van der Waals surface area contributed by atoms with Crippen LogP contribution in [0.1, 0.15) is 20.3 Å². The number of hydrogen-bond donors (Lipinski definition) is 2. The van der Waals surface area contributed by atoms with E-state index in [0.29, 0.717) is 29.2 Å². The van der Waals surface area contributed by atoms with Crippen LogP contribution in [0.5, 0.6) is 0 Å². The summed E-state index contributed by atoms with van der Waals surface area (Å²) in [6.07, 6.45) is 0.684. The predicted molar refractivity (Wildman–Crippen MR) is 102 cm³/mol. The van der Waals surface area contributed by atoms with E-state index >= 15 is 0 Å². The SMILES string of the molecule is CC[C@@H](C)[NH2+]C[C@@H](O)Cn1c2ccc(Cl)cc2c2cc(Cl)ccc21. The lowest BCUT2D eigenvalue weighted by atomic mass is 10.1. The lowest BCUT2D eigenvalue weighted by molar-refractivity contribution is -0.692. The molecule has 1 heterocycles. The second kappa shape index (κ2) is 7.32. The Morgan fingerprint density at radius 3 is 2.08 bits per heavy atom. The van der Waals surface area contributed by atoms with Gasteiger partial charge in [-0.25, -0.2) is 0 Å². The Morgan fingerprint density at radius 1 is 1.04 bits per heavy atom. The molecule has 0 radical (unpaired) electrons. The fourth-order valence-corrected chi connectivity index (χ4v) is 3.43. The third-order valence-corrected chi connectivity index (χ3v) is 5.11. The fourth-order valence-electron chi connectivity index (χ4n) is 3.09. The van der Waals surface area contributed by atoms with Crippen LogP contribution < -0.4 is 5.32 Å². The van der Waals surface area contributed by atoms with Gasteiger partial charge in [-0.2, -0.15) is 0 Å². The Balaban J connectivity index is 1.99. The minimum Gasteiger partial charge on any atom is -0.385 e. The number of hydrogen-bond acceptors (Lipinski definition) is 1. The van der Waals surface area contributed by atoms with Crippen LogP contribution in [0, 0.1) is 0 Å². The van der Waals surface area contributed by atoms with E-state index in [1.165, 1.54) is 0 Å². The maximum absolute atomic E-state index is 10.5. The Labute approximate surface area is 152 Å². The van der Waals surface area contributed by atoms with Crippen molar-refractivity contribution < 1.29 is 10.4 Å². The minimum absolute atomic E-state index is 0.413. The first-order chi connectivity index (χ1) is 11.5. The van der Waals surface area contributed by atoms with E-state index in [1.807, 2.05) is 36.4 Å². The van der Waals surface area contributed by atoms with Crippen molar-refractivity contribution in [1.29, 1.82) is 0 Å². The van der Waals surface area contributed by atoms with Gasteiger partial charge in [0, 0.05) is 31.9 Å². The van der Waals surface area contributed by atoms with Gasteiger partial charge in [-0.3, -0.25) is 0 Å². The number of aliphatic hydroxyl groups is 1. The standard InChI is InChI=1S/C19H22Cl2N2O/c1-3-12(2)22-10-15(24)11-23-18-6-4-13(20)8-16(18)17-9-14(21)5-7-19(17)23/h4-9,12,15,22,24H,3,10-11H2,1-2H3/p+1/t12-,15-/m1/s1. The number of nitrogens with two attached hydrogens (primary N) is 1. The molecule has 128 valence electrons. The molecular formula is C19H23Cl2N2O+. The molecular weight excluding hydrogens is 343 g/mol. The van der Waals surface area contributed by atoms with Crippen LogP contribution in [-0.4, -0.2) is 28.4 Å². The molecule has 2 aromatic carbocycles. The highest BCUT2D eigenvalue weighted by Gasteiger charge is 2.16. The van der Waals surface area contributed by atoms with Crippen LogP contribution in [0.25, 0.3) is 21.8 Å². The van der Waals surface area contributed by atoms with Crippen molar-refractivity contribution in [3.8, 4) is 0 Å². The number of rotatable bonds is 6. The van der Waals surface area contributed by atoms with Gasteiger partial charge in [0.05, 0.1) is 12.6 Å². The zero-order chi connectivity index (χ0) is 17.3. The highest BCUT2D eigenvalue weighted by Crippen LogP contribution is 2.32. The lowest BCUT2D eigenvalue weighted by Gasteiger charge is -2.15. The Kier molecular flexibility index (Phi) is 5.36. The molecule has 0 amide bonds. The first-order valence-electron chi connectivity index (χ1n) is 8.38.